The first-order valence-corrected chi connectivity index (χ1v) is 6.17. The summed E-state index contributed by atoms with van der Waals surface area (Å²) < 4.78 is 5.09. The quantitative estimate of drug-likeness (QED) is 0.756. The average molecular weight is 249 g/mol. The molecule has 1 aromatic carbocycles. The largest absolute Gasteiger partial charge is 0.445 e. The van der Waals surface area contributed by atoms with E-state index in [1.165, 1.54) is 0 Å². The van der Waals surface area contributed by atoms with Crippen LogP contribution in [0.1, 0.15) is 31.7 Å². The highest BCUT2D eigenvalue weighted by molar-refractivity contribution is 5.68. The van der Waals surface area contributed by atoms with Gasteiger partial charge in [-0.15, -0.1) is 0 Å². The molecule has 0 heterocycles. The summed E-state index contributed by atoms with van der Waals surface area (Å²) in [4.78, 5) is 22.0. The van der Waals surface area contributed by atoms with Gasteiger partial charge < -0.3 is 14.8 Å². The number of carbonyl (C=O) groups excluding carboxylic acids is 2. The van der Waals surface area contributed by atoms with Crippen molar-refractivity contribution in [2.75, 3.05) is 0 Å². The molecule has 0 aliphatic carbocycles. The van der Waals surface area contributed by atoms with Gasteiger partial charge >= 0.3 is 6.09 Å². The van der Waals surface area contributed by atoms with Crippen molar-refractivity contribution in [1.29, 1.82) is 0 Å². The number of amides is 1. The molecule has 0 radical (unpaired) electrons. The van der Waals surface area contributed by atoms with Crippen molar-refractivity contribution in [1.82, 2.24) is 5.32 Å². The van der Waals surface area contributed by atoms with E-state index in [0.717, 1.165) is 24.7 Å². The zero-order valence-corrected chi connectivity index (χ0v) is 10.6. The third-order valence-corrected chi connectivity index (χ3v) is 2.55. The van der Waals surface area contributed by atoms with Gasteiger partial charge in [0.25, 0.3) is 0 Å². The van der Waals surface area contributed by atoms with Crippen molar-refractivity contribution in [2.24, 2.45) is 0 Å². The van der Waals surface area contributed by atoms with E-state index in [4.69, 9.17) is 4.74 Å². The maximum absolute atomic E-state index is 11.5. The normalized spacial score (nSPS) is 11.6. The molecule has 18 heavy (non-hydrogen) atoms. The van der Waals surface area contributed by atoms with E-state index in [0.29, 0.717) is 6.42 Å². The van der Waals surface area contributed by atoms with Gasteiger partial charge in [-0.2, -0.15) is 0 Å². The Morgan fingerprint density at radius 3 is 2.72 bits per heavy atom. The summed E-state index contributed by atoms with van der Waals surface area (Å²) in [6, 6.07) is 9.34. The second-order valence-electron chi connectivity index (χ2n) is 4.09. The standard InChI is InChI=1S/C14H19NO3/c1-2-6-13(9-10-16)15-14(17)18-11-12-7-4-3-5-8-12/h3-5,7-8,10,13H,2,6,9,11H2,1H3,(H,15,17)/t13-/m1/s1. The summed E-state index contributed by atoms with van der Waals surface area (Å²) in [5, 5.41) is 2.70. The first-order valence-electron chi connectivity index (χ1n) is 6.17. The molecule has 98 valence electrons. The van der Waals surface area contributed by atoms with Crippen molar-refractivity contribution >= 4 is 12.4 Å². The number of hydrogen-bond acceptors (Lipinski definition) is 3. The molecule has 1 N–H and O–H groups in total. The Morgan fingerprint density at radius 1 is 1.39 bits per heavy atom. The molecule has 4 heteroatoms. The Hall–Kier alpha value is -1.84. The van der Waals surface area contributed by atoms with Gasteiger partial charge in [-0.25, -0.2) is 4.79 Å². The van der Waals surface area contributed by atoms with Gasteiger partial charge in [-0.1, -0.05) is 43.7 Å². The molecule has 0 bridgehead atoms. The van der Waals surface area contributed by atoms with Crippen molar-refractivity contribution in [3.8, 4) is 0 Å². The Morgan fingerprint density at radius 2 is 2.11 bits per heavy atom. The van der Waals surface area contributed by atoms with Crippen molar-refractivity contribution < 1.29 is 14.3 Å². The van der Waals surface area contributed by atoms with Crippen LogP contribution >= 0.6 is 0 Å². The topological polar surface area (TPSA) is 55.4 Å². The highest BCUT2D eigenvalue weighted by atomic mass is 16.5. The highest BCUT2D eigenvalue weighted by Crippen LogP contribution is 2.03. The summed E-state index contributed by atoms with van der Waals surface area (Å²) in [6.07, 6.45) is 2.36. The number of aldehydes is 1. The van der Waals surface area contributed by atoms with Crippen LogP contribution in [0.5, 0.6) is 0 Å². The minimum absolute atomic E-state index is 0.129. The molecule has 0 spiro atoms. The Kier molecular flexibility index (Phi) is 6.54. The van der Waals surface area contributed by atoms with Crippen LogP contribution in [0, 0.1) is 0 Å². The van der Waals surface area contributed by atoms with Crippen LogP contribution in [0.4, 0.5) is 4.79 Å². The van der Waals surface area contributed by atoms with Gasteiger partial charge in [0, 0.05) is 12.5 Å². The van der Waals surface area contributed by atoms with Crippen LogP contribution in [0.2, 0.25) is 0 Å². The van der Waals surface area contributed by atoms with Crippen LogP contribution in [0.25, 0.3) is 0 Å². The molecule has 1 rings (SSSR count). The number of carbonyl (C=O) groups is 2. The Balaban J connectivity index is 2.33. The zero-order chi connectivity index (χ0) is 13.2. The number of benzene rings is 1. The molecule has 0 aliphatic heterocycles. The molecular weight excluding hydrogens is 230 g/mol. The minimum atomic E-state index is -0.473. The summed E-state index contributed by atoms with van der Waals surface area (Å²) in [5.74, 6) is 0. The lowest BCUT2D eigenvalue weighted by Gasteiger charge is -2.15. The maximum Gasteiger partial charge on any atom is 0.407 e. The van der Waals surface area contributed by atoms with Crippen LogP contribution in [-0.2, 0) is 16.1 Å². The second kappa shape index (κ2) is 8.28. The number of hydrogen-bond donors (Lipinski definition) is 1. The minimum Gasteiger partial charge on any atom is -0.445 e. The van der Waals surface area contributed by atoms with Gasteiger partial charge in [0.1, 0.15) is 12.9 Å². The Bertz CT molecular complexity index is 365. The van der Waals surface area contributed by atoms with Crippen molar-refractivity contribution in [2.45, 2.75) is 38.8 Å². The van der Waals surface area contributed by atoms with Gasteiger partial charge in [0.05, 0.1) is 0 Å². The van der Waals surface area contributed by atoms with Crippen LogP contribution in [0.15, 0.2) is 30.3 Å². The predicted molar refractivity (Wildman–Crippen MR) is 69.1 cm³/mol. The van der Waals surface area contributed by atoms with Crippen LogP contribution in [-0.4, -0.2) is 18.4 Å². The van der Waals surface area contributed by atoms with Gasteiger partial charge in [0.2, 0.25) is 0 Å². The summed E-state index contributed by atoms with van der Waals surface area (Å²) in [6.45, 7) is 2.25. The molecule has 0 fully saturated rings. The monoisotopic (exact) mass is 249 g/mol. The highest BCUT2D eigenvalue weighted by Gasteiger charge is 2.11. The molecule has 1 atom stereocenters. The number of nitrogens with one attached hydrogen (secondary N) is 1. The van der Waals surface area contributed by atoms with Crippen LogP contribution < -0.4 is 5.32 Å². The van der Waals surface area contributed by atoms with E-state index >= 15 is 0 Å². The fourth-order valence-corrected chi connectivity index (χ4v) is 1.65. The molecule has 0 aliphatic rings. The number of alkyl carbamates (subject to hydrolysis) is 1. The maximum atomic E-state index is 11.5. The van der Waals surface area contributed by atoms with E-state index < -0.39 is 6.09 Å². The fourth-order valence-electron chi connectivity index (χ4n) is 1.65. The summed E-state index contributed by atoms with van der Waals surface area (Å²) in [7, 11) is 0. The zero-order valence-electron chi connectivity index (χ0n) is 10.6. The van der Waals surface area contributed by atoms with Gasteiger partial charge in [0.15, 0.2) is 0 Å². The fraction of sp³-hybridized carbons (Fsp3) is 0.429. The average Bonchev–Trinajstić information content (AvgIpc) is 2.38. The Labute approximate surface area is 107 Å². The first kappa shape index (κ1) is 14.2. The second-order valence-corrected chi connectivity index (χ2v) is 4.09. The number of rotatable bonds is 7. The lowest BCUT2D eigenvalue weighted by Crippen LogP contribution is -2.35. The third-order valence-electron chi connectivity index (χ3n) is 2.55. The third kappa shape index (κ3) is 5.48. The molecular formula is C14H19NO3. The van der Waals surface area contributed by atoms with E-state index in [2.05, 4.69) is 5.32 Å². The van der Waals surface area contributed by atoms with E-state index in [9.17, 15) is 9.59 Å². The van der Waals surface area contributed by atoms with E-state index in [1.807, 2.05) is 37.3 Å². The SMILES string of the molecule is CCC[C@H](CC=O)NC(=O)OCc1ccccc1. The van der Waals surface area contributed by atoms with E-state index in [-0.39, 0.29) is 12.6 Å². The number of ether oxygens (including phenoxy) is 1. The van der Waals surface area contributed by atoms with E-state index in [1.54, 1.807) is 0 Å². The van der Waals surface area contributed by atoms with Crippen molar-refractivity contribution in [3.05, 3.63) is 35.9 Å². The lowest BCUT2D eigenvalue weighted by atomic mass is 10.1. The van der Waals surface area contributed by atoms with Crippen molar-refractivity contribution in [3.63, 3.8) is 0 Å². The van der Waals surface area contributed by atoms with Gasteiger partial charge in [-0.3, -0.25) is 0 Å². The molecule has 1 amide bonds. The first-order chi connectivity index (χ1) is 8.76. The van der Waals surface area contributed by atoms with Gasteiger partial charge in [-0.05, 0) is 12.0 Å². The molecule has 1 aromatic rings. The smallest absolute Gasteiger partial charge is 0.407 e. The predicted octanol–water partition coefficient (Wildman–Crippen LogP) is 2.67. The molecule has 0 aromatic heterocycles. The summed E-state index contributed by atoms with van der Waals surface area (Å²) in [5.41, 5.74) is 0.940. The lowest BCUT2D eigenvalue weighted by molar-refractivity contribution is -0.108. The summed E-state index contributed by atoms with van der Waals surface area (Å²) >= 11 is 0. The van der Waals surface area contributed by atoms with Crippen LogP contribution in [0.3, 0.4) is 0 Å². The molecule has 4 nitrogen and oxygen atoms in total. The molecule has 0 saturated carbocycles. The molecule has 0 unspecified atom stereocenters. The molecule has 0 saturated heterocycles.